The number of halogens is 5. The summed E-state index contributed by atoms with van der Waals surface area (Å²) in [4.78, 5) is 12.0. The molecule has 1 saturated carbocycles. The van der Waals surface area contributed by atoms with Crippen molar-refractivity contribution in [2.24, 2.45) is 11.8 Å². The second kappa shape index (κ2) is 13.7. The first-order valence-electron chi connectivity index (χ1n) is 13.1. The molecular weight excluding hydrogens is 519 g/mol. The first-order chi connectivity index (χ1) is 18.4. The van der Waals surface area contributed by atoms with Crippen LogP contribution in [0.25, 0.3) is 6.08 Å². The topological polar surface area (TPSA) is 87.6 Å². The number of anilines is 2. The Morgan fingerprint density at radius 3 is 2.28 bits per heavy atom. The molecule has 0 aliphatic heterocycles. The molecule has 10 heteroatoms. The molecule has 39 heavy (non-hydrogen) atoms. The van der Waals surface area contributed by atoms with Gasteiger partial charge in [-0.15, -0.1) is 0 Å². The fraction of sp³-hybridized carbons (Fsp3) is 0.483. The Hall–Kier alpha value is -3.30. The molecular formula is C29H35F5N2O3. The third-order valence-corrected chi connectivity index (χ3v) is 6.95. The number of alkyl halides is 5. The summed E-state index contributed by atoms with van der Waals surface area (Å²) in [7, 11) is 0. The minimum atomic E-state index is -4.18. The molecule has 2 aromatic rings. The van der Waals surface area contributed by atoms with Crippen LogP contribution in [0.5, 0.6) is 5.75 Å². The third-order valence-electron chi connectivity index (χ3n) is 6.95. The zero-order valence-corrected chi connectivity index (χ0v) is 21.7. The van der Waals surface area contributed by atoms with E-state index in [9.17, 15) is 26.7 Å². The van der Waals surface area contributed by atoms with Crippen LogP contribution in [0.1, 0.15) is 62.5 Å². The standard InChI is InChI=1S/C29H35F5N2O3/c30-28(31,32)17-1-3-20-5-11-23(12-6-20)29(33,34)39-25-14-7-21(8-15-25)9-16-27(37)38-18-2-4-22-10-13-24(35)19-26(22)36/h7-10,13-16,19-20,23H,1-6,11-12,17-18,35-36H2/b16-9+. The van der Waals surface area contributed by atoms with Gasteiger partial charge in [0.25, 0.3) is 0 Å². The van der Waals surface area contributed by atoms with Gasteiger partial charge in [0.15, 0.2) is 0 Å². The largest absolute Gasteiger partial charge is 0.463 e. The molecule has 0 bridgehead atoms. The van der Waals surface area contributed by atoms with Crippen LogP contribution in [-0.4, -0.2) is 24.9 Å². The van der Waals surface area contributed by atoms with Crippen LogP contribution in [0.15, 0.2) is 48.5 Å². The fourth-order valence-corrected chi connectivity index (χ4v) is 4.75. The number of nitrogens with two attached hydrogens (primary N) is 2. The summed E-state index contributed by atoms with van der Waals surface area (Å²) in [6.45, 7) is 0.213. The molecule has 4 N–H and O–H groups in total. The van der Waals surface area contributed by atoms with Crippen molar-refractivity contribution in [3.8, 4) is 5.75 Å². The maximum Gasteiger partial charge on any atom is 0.400 e. The average Bonchev–Trinajstić information content (AvgIpc) is 2.86. The third kappa shape index (κ3) is 10.4. The zero-order chi connectivity index (χ0) is 28.5. The minimum Gasteiger partial charge on any atom is -0.463 e. The van der Waals surface area contributed by atoms with Crippen molar-refractivity contribution in [2.75, 3.05) is 18.1 Å². The molecule has 214 valence electrons. The maximum atomic E-state index is 14.7. The van der Waals surface area contributed by atoms with Crippen molar-refractivity contribution in [3.05, 3.63) is 59.7 Å². The lowest BCUT2D eigenvalue weighted by molar-refractivity contribution is -0.223. The number of carbonyl (C=O) groups excluding carboxylic acids is 1. The van der Waals surface area contributed by atoms with Crippen LogP contribution in [0.3, 0.4) is 0 Å². The molecule has 1 aliphatic rings. The van der Waals surface area contributed by atoms with Gasteiger partial charge in [0.05, 0.1) is 12.5 Å². The summed E-state index contributed by atoms with van der Waals surface area (Å²) >= 11 is 0. The smallest absolute Gasteiger partial charge is 0.400 e. The van der Waals surface area contributed by atoms with Gasteiger partial charge < -0.3 is 20.9 Å². The van der Waals surface area contributed by atoms with Crippen LogP contribution >= 0.6 is 0 Å². The predicted molar refractivity (Wildman–Crippen MR) is 141 cm³/mol. The molecule has 2 aromatic carbocycles. The second-order valence-corrected chi connectivity index (χ2v) is 10.0. The van der Waals surface area contributed by atoms with E-state index in [-0.39, 0.29) is 37.5 Å². The van der Waals surface area contributed by atoms with Crippen molar-refractivity contribution in [1.82, 2.24) is 0 Å². The summed E-state index contributed by atoms with van der Waals surface area (Å²) in [6, 6.07) is 11.2. The lowest BCUT2D eigenvalue weighted by Crippen LogP contribution is -2.37. The maximum absolute atomic E-state index is 14.7. The predicted octanol–water partition coefficient (Wildman–Crippen LogP) is 7.55. The first kappa shape index (κ1) is 30.2. The van der Waals surface area contributed by atoms with E-state index in [0.29, 0.717) is 49.0 Å². The van der Waals surface area contributed by atoms with E-state index in [1.54, 1.807) is 24.3 Å². The Kier molecular flexibility index (Phi) is 10.6. The van der Waals surface area contributed by atoms with Crippen LogP contribution in [0.2, 0.25) is 0 Å². The van der Waals surface area contributed by atoms with Gasteiger partial charge in [-0.2, -0.15) is 22.0 Å². The highest BCUT2D eigenvalue weighted by atomic mass is 19.4. The number of aryl methyl sites for hydroxylation is 1. The van der Waals surface area contributed by atoms with Crippen molar-refractivity contribution in [2.45, 2.75) is 70.1 Å². The molecule has 0 aromatic heterocycles. The van der Waals surface area contributed by atoms with E-state index in [1.165, 1.54) is 24.3 Å². The molecule has 0 saturated heterocycles. The lowest BCUT2D eigenvalue weighted by Gasteiger charge is -2.33. The van der Waals surface area contributed by atoms with Crippen LogP contribution in [0.4, 0.5) is 33.3 Å². The Balaban J connectivity index is 1.38. The second-order valence-electron chi connectivity index (χ2n) is 10.0. The average molecular weight is 555 g/mol. The fourth-order valence-electron chi connectivity index (χ4n) is 4.75. The highest BCUT2D eigenvalue weighted by Crippen LogP contribution is 2.41. The first-order valence-corrected chi connectivity index (χ1v) is 13.1. The summed E-state index contributed by atoms with van der Waals surface area (Å²) in [5.41, 5.74) is 14.3. The summed E-state index contributed by atoms with van der Waals surface area (Å²) in [5, 5.41) is 0. The van der Waals surface area contributed by atoms with Crippen molar-refractivity contribution in [1.29, 1.82) is 0 Å². The van der Waals surface area contributed by atoms with E-state index >= 15 is 0 Å². The Morgan fingerprint density at radius 1 is 0.949 bits per heavy atom. The number of benzene rings is 2. The Labute approximate surface area is 225 Å². The molecule has 1 aliphatic carbocycles. The van der Waals surface area contributed by atoms with Gasteiger partial charge in [-0.05, 0) is 92.3 Å². The van der Waals surface area contributed by atoms with Crippen molar-refractivity contribution < 1.29 is 36.2 Å². The number of esters is 1. The summed E-state index contributed by atoms with van der Waals surface area (Å²) in [6.07, 6.45) is -2.60. The lowest BCUT2D eigenvalue weighted by atomic mass is 9.79. The van der Waals surface area contributed by atoms with Crippen LogP contribution in [0, 0.1) is 11.8 Å². The highest BCUT2D eigenvalue weighted by molar-refractivity contribution is 5.87. The van der Waals surface area contributed by atoms with Gasteiger partial charge in [0.1, 0.15) is 5.75 Å². The van der Waals surface area contributed by atoms with Gasteiger partial charge in [0.2, 0.25) is 0 Å². The number of rotatable bonds is 12. The van der Waals surface area contributed by atoms with E-state index in [0.717, 1.165) is 5.56 Å². The monoisotopic (exact) mass is 554 g/mol. The molecule has 1 fully saturated rings. The van der Waals surface area contributed by atoms with Crippen LogP contribution < -0.4 is 16.2 Å². The summed E-state index contributed by atoms with van der Waals surface area (Å²) in [5.74, 6) is -1.48. The molecule has 0 unspecified atom stereocenters. The summed E-state index contributed by atoms with van der Waals surface area (Å²) < 4.78 is 76.6. The van der Waals surface area contributed by atoms with Gasteiger partial charge in [-0.1, -0.05) is 24.6 Å². The number of ether oxygens (including phenoxy) is 2. The molecule has 0 spiro atoms. The SMILES string of the molecule is Nc1ccc(CCCOC(=O)/C=C/c2ccc(OC(F)(F)C3CCC(CCCC(F)(F)F)CC3)cc2)c(N)c1. The van der Waals surface area contributed by atoms with Gasteiger partial charge >= 0.3 is 18.3 Å². The number of carbonyl (C=O) groups is 1. The van der Waals surface area contributed by atoms with Gasteiger partial charge in [0, 0.05) is 23.9 Å². The minimum absolute atomic E-state index is 0.00558. The number of hydrogen-bond donors (Lipinski definition) is 2. The Morgan fingerprint density at radius 2 is 1.64 bits per heavy atom. The van der Waals surface area contributed by atoms with Crippen molar-refractivity contribution in [3.63, 3.8) is 0 Å². The Bertz CT molecular complexity index is 1100. The number of nitrogen functional groups attached to an aromatic ring is 2. The van der Waals surface area contributed by atoms with Gasteiger partial charge in [-0.3, -0.25) is 0 Å². The van der Waals surface area contributed by atoms with Crippen molar-refractivity contribution >= 4 is 23.4 Å². The normalized spacial score (nSPS) is 18.3. The van der Waals surface area contributed by atoms with E-state index in [1.807, 2.05) is 6.07 Å². The van der Waals surface area contributed by atoms with E-state index in [2.05, 4.69) is 0 Å². The molecule has 5 nitrogen and oxygen atoms in total. The van der Waals surface area contributed by atoms with E-state index in [4.69, 9.17) is 20.9 Å². The molecule has 0 atom stereocenters. The molecule has 0 heterocycles. The molecule has 0 radical (unpaired) electrons. The van der Waals surface area contributed by atoms with Gasteiger partial charge in [-0.25, -0.2) is 4.79 Å². The highest BCUT2D eigenvalue weighted by Gasteiger charge is 2.44. The molecule has 3 rings (SSSR count). The zero-order valence-electron chi connectivity index (χ0n) is 21.7. The molecule has 0 amide bonds. The quantitative estimate of drug-likeness (QED) is 0.0930. The van der Waals surface area contributed by atoms with E-state index < -0.39 is 30.6 Å². The number of hydrogen-bond acceptors (Lipinski definition) is 5. The van der Waals surface area contributed by atoms with Crippen LogP contribution in [-0.2, 0) is 16.0 Å².